The molecule has 27 heavy (non-hydrogen) atoms. The van der Waals surface area contributed by atoms with Crippen LogP contribution in [0, 0.1) is 0 Å². The molecule has 0 aromatic carbocycles. The molecule has 2 aliphatic rings. The van der Waals surface area contributed by atoms with E-state index in [2.05, 4.69) is 5.32 Å². The Balaban J connectivity index is 1.59. The fourth-order valence-corrected chi connectivity index (χ4v) is 4.64. The number of nitrogens with one attached hydrogen (secondary N) is 1. The fourth-order valence-electron chi connectivity index (χ4n) is 4.64. The Hall–Kier alpha value is -2.77. The topological polar surface area (TPSA) is 96.0 Å². The van der Waals surface area contributed by atoms with E-state index in [0.29, 0.717) is 12.8 Å². The van der Waals surface area contributed by atoms with Gasteiger partial charge in [-0.15, -0.1) is 0 Å². The number of piperidine rings is 1. The summed E-state index contributed by atoms with van der Waals surface area (Å²) in [5.41, 5.74) is 0.592. The fraction of sp³-hybridized carbons (Fsp3) is 0.526. The number of carbonyl (C=O) groups excluding carboxylic acids is 1. The molecule has 144 valence electrons. The first-order chi connectivity index (χ1) is 12.9. The number of rotatable bonds is 3. The summed E-state index contributed by atoms with van der Waals surface area (Å²) in [6, 6.07) is 5.03. The molecular formula is C19H24N4O4. The molecule has 0 aliphatic carbocycles. The number of amides is 2. The van der Waals surface area contributed by atoms with Crippen LogP contribution < -0.4 is 10.9 Å². The van der Waals surface area contributed by atoms with Crippen LogP contribution in [0.4, 0.5) is 4.79 Å². The van der Waals surface area contributed by atoms with Gasteiger partial charge in [0.2, 0.25) is 0 Å². The summed E-state index contributed by atoms with van der Waals surface area (Å²) in [7, 11) is 0. The quantitative estimate of drug-likeness (QED) is 0.862. The lowest BCUT2D eigenvalue weighted by Crippen LogP contribution is -2.52. The number of fused-ring (bicyclic) bond motifs is 3. The molecule has 2 atom stereocenters. The van der Waals surface area contributed by atoms with Gasteiger partial charge in [0.25, 0.3) is 11.5 Å². The molecule has 2 aromatic heterocycles. The number of hydrogen-bond acceptors (Lipinski definition) is 3. The van der Waals surface area contributed by atoms with Gasteiger partial charge >= 0.3 is 6.09 Å². The minimum Gasteiger partial charge on any atom is -0.465 e. The summed E-state index contributed by atoms with van der Waals surface area (Å²) in [5.74, 6) is -0.383. The molecule has 2 amide bonds. The molecule has 2 N–H and O–H groups in total. The molecule has 4 heterocycles. The van der Waals surface area contributed by atoms with E-state index in [1.807, 2.05) is 26.0 Å². The van der Waals surface area contributed by atoms with E-state index < -0.39 is 6.09 Å². The molecule has 2 unspecified atom stereocenters. The molecule has 0 radical (unpaired) electrons. The van der Waals surface area contributed by atoms with Crippen molar-refractivity contribution in [2.24, 2.45) is 0 Å². The molecule has 8 heteroatoms. The van der Waals surface area contributed by atoms with Gasteiger partial charge in [0.15, 0.2) is 0 Å². The standard InChI is InChI=1S/C19H24N4O4/c1-11(2)23-18(25)16(10-13-4-3-7-21(13)23)17(24)20-12-8-14-5-6-15(9-12)22(14)19(26)27/h3-4,7,10-12,14-15H,5-6,8-9H2,1-2H3,(H,20,24)(H,26,27). The van der Waals surface area contributed by atoms with Gasteiger partial charge in [-0.2, -0.15) is 0 Å². The third kappa shape index (κ3) is 2.89. The molecule has 0 saturated carbocycles. The average molecular weight is 372 g/mol. The Morgan fingerprint density at radius 3 is 2.48 bits per heavy atom. The zero-order valence-corrected chi connectivity index (χ0v) is 15.5. The first-order valence-corrected chi connectivity index (χ1v) is 9.42. The van der Waals surface area contributed by atoms with Crippen LogP contribution >= 0.6 is 0 Å². The van der Waals surface area contributed by atoms with E-state index in [1.54, 1.807) is 21.5 Å². The summed E-state index contributed by atoms with van der Waals surface area (Å²) in [4.78, 5) is 38.7. The summed E-state index contributed by atoms with van der Waals surface area (Å²) in [6.45, 7) is 3.81. The smallest absolute Gasteiger partial charge is 0.407 e. The van der Waals surface area contributed by atoms with Crippen molar-refractivity contribution in [3.05, 3.63) is 40.3 Å². The summed E-state index contributed by atoms with van der Waals surface area (Å²) in [6.07, 6.45) is 3.78. The predicted molar refractivity (Wildman–Crippen MR) is 99.2 cm³/mol. The number of aromatic nitrogens is 2. The van der Waals surface area contributed by atoms with Crippen molar-refractivity contribution in [3.63, 3.8) is 0 Å². The third-order valence-electron chi connectivity index (χ3n) is 5.74. The number of carbonyl (C=O) groups is 2. The molecule has 2 aliphatic heterocycles. The second kappa shape index (κ2) is 6.44. The van der Waals surface area contributed by atoms with Gasteiger partial charge < -0.3 is 15.3 Å². The molecular weight excluding hydrogens is 348 g/mol. The van der Waals surface area contributed by atoms with Crippen molar-refractivity contribution in [1.82, 2.24) is 19.4 Å². The van der Waals surface area contributed by atoms with Crippen molar-refractivity contribution in [2.75, 3.05) is 0 Å². The van der Waals surface area contributed by atoms with Crippen molar-refractivity contribution in [2.45, 2.75) is 63.7 Å². The minimum atomic E-state index is -0.884. The molecule has 2 aromatic rings. The highest BCUT2D eigenvalue weighted by Gasteiger charge is 2.43. The van der Waals surface area contributed by atoms with Gasteiger partial charge in [-0.3, -0.25) is 14.1 Å². The predicted octanol–water partition coefficient (Wildman–Crippen LogP) is 2.09. The number of nitrogens with zero attached hydrogens (tertiary/aromatic N) is 3. The van der Waals surface area contributed by atoms with Crippen molar-refractivity contribution in [1.29, 1.82) is 0 Å². The highest BCUT2D eigenvalue weighted by atomic mass is 16.4. The minimum absolute atomic E-state index is 0.0491. The van der Waals surface area contributed by atoms with E-state index in [0.717, 1.165) is 18.4 Å². The Morgan fingerprint density at radius 1 is 1.22 bits per heavy atom. The summed E-state index contributed by atoms with van der Waals surface area (Å²) < 4.78 is 3.33. The van der Waals surface area contributed by atoms with Crippen LogP contribution in [-0.4, -0.2) is 49.3 Å². The van der Waals surface area contributed by atoms with Crippen LogP contribution in [0.1, 0.15) is 55.9 Å². The first kappa shape index (κ1) is 17.6. The molecule has 2 saturated heterocycles. The van der Waals surface area contributed by atoms with E-state index in [1.165, 1.54) is 4.90 Å². The Morgan fingerprint density at radius 2 is 1.89 bits per heavy atom. The van der Waals surface area contributed by atoms with Crippen LogP contribution in [0.3, 0.4) is 0 Å². The second-order valence-corrected chi connectivity index (χ2v) is 7.80. The molecule has 8 nitrogen and oxygen atoms in total. The Bertz CT molecular complexity index is 946. The third-order valence-corrected chi connectivity index (χ3v) is 5.74. The summed E-state index contributed by atoms with van der Waals surface area (Å²) >= 11 is 0. The van der Waals surface area contributed by atoms with Gasteiger partial charge in [-0.05, 0) is 57.7 Å². The second-order valence-electron chi connectivity index (χ2n) is 7.80. The number of carboxylic acid groups (broad SMARTS) is 1. The summed E-state index contributed by atoms with van der Waals surface area (Å²) in [5, 5.41) is 12.3. The zero-order chi connectivity index (χ0) is 19.3. The van der Waals surface area contributed by atoms with Gasteiger partial charge in [0.1, 0.15) is 5.56 Å². The van der Waals surface area contributed by atoms with Crippen molar-refractivity contribution in [3.8, 4) is 0 Å². The Kier molecular flexibility index (Phi) is 4.20. The number of hydrogen-bond donors (Lipinski definition) is 2. The van der Waals surface area contributed by atoms with E-state index in [-0.39, 0.29) is 41.2 Å². The monoisotopic (exact) mass is 372 g/mol. The van der Waals surface area contributed by atoms with Crippen LogP contribution in [0.5, 0.6) is 0 Å². The van der Waals surface area contributed by atoms with Gasteiger partial charge in [-0.1, -0.05) is 0 Å². The maximum absolute atomic E-state index is 12.9. The maximum Gasteiger partial charge on any atom is 0.407 e. The molecule has 2 bridgehead atoms. The average Bonchev–Trinajstić information content (AvgIpc) is 3.16. The Labute approximate surface area is 156 Å². The lowest BCUT2D eigenvalue weighted by Gasteiger charge is -2.37. The van der Waals surface area contributed by atoms with E-state index in [4.69, 9.17) is 0 Å². The molecule has 2 fully saturated rings. The van der Waals surface area contributed by atoms with Crippen LogP contribution in [-0.2, 0) is 0 Å². The van der Waals surface area contributed by atoms with Crippen molar-refractivity contribution >= 4 is 17.5 Å². The SMILES string of the molecule is CC(C)n1c(=O)c(C(=O)NC2CC3CCC(C2)N3C(=O)O)cc2cccn21. The maximum atomic E-state index is 12.9. The highest BCUT2D eigenvalue weighted by molar-refractivity contribution is 5.95. The van der Waals surface area contributed by atoms with Gasteiger partial charge in [0.05, 0.1) is 5.52 Å². The lowest BCUT2D eigenvalue weighted by atomic mass is 9.97. The first-order valence-electron chi connectivity index (χ1n) is 9.42. The molecule has 0 spiro atoms. The largest absolute Gasteiger partial charge is 0.465 e. The normalized spacial score (nSPS) is 24.6. The van der Waals surface area contributed by atoms with E-state index >= 15 is 0 Å². The van der Waals surface area contributed by atoms with Crippen LogP contribution in [0.15, 0.2) is 29.2 Å². The highest BCUT2D eigenvalue weighted by Crippen LogP contribution is 2.35. The molecule has 4 rings (SSSR count). The van der Waals surface area contributed by atoms with Crippen LogP contribution in [0.2, 0.25) is 0 Å². The van der Waals surface area contributed by atoms with Gasteiger partial charge in [0, 0.05) is 30.4 Å². The van der Waals surface area contributed by atoms with Crippen LogP contribution in [0.25, 0.3) is 5.52 Å². The van der Waals surface area contributed by atoms with Gasteiger partial charge in [-0.25, -0.2) is 9.48 Å². The van der Waals surface area contributed by atoms with Crippen molar-refractivity contribution < 1.29 is 14.7 Å². The zero-order valence-electron chi connectivity index (χ0n) is 15.5. The lowest BCUT2D eigenvalue weighted by molar-refractivity contribution is 0.0809. The van der Waals surface area contributed by atoms with E-state index in [9.17, 15) is 19.5 Å².